The molecule has 0 aliphatic heterocycles. The largest absolute Gasteiger partial charge is 0.451 e. The lowest BCUT2D eigenvalue weighted by Gasteiger charge is -2.17. The van der Waals surface area contributed by atoms with Crippen molar-refractivity contribution in [2.75, 3.05) is 28.7 Å². The van der Waals surface area contributed by atoms with Crippen LogP contribution in [0.2, 0.25) is 0 Å². The molecule has 0 unspecified atom stereocenters. The van der Waals surface area contributed by atoms with E-state index in [9.17, 15) is 8.42 Å². The van der Waals surface area contributed by atoms with Crippen LogP contribution in [0.1, 0.15) is 67.3 Å². The number of benzene rings is 3. The number of halogens is 2. The highest BCUT2D eigenvalue weighted by molar-refractivity contribution is 7.89. The molecule has 0 atom stereocenters. The molecule has 0 aliphatic rings. The van der Waals surface area contributed by atoms with Gasteiger partial charge in [0.05, 0.1) is 41.6 Å². The van der Waals surface area contributed by atoms with Crippen LogP contribution in [0.4, 0.5) is 29.2 Å². The molecule has 11 N–H and O–H groups in total. The first-order valence-corrected chi connectivity index (χ1v) is 20.5. The van der Waals surface area contributed by atoms with Crippen molar-refractivity contribution < 1.29 is 17.9 Å². The van der Waals surface area contributed by atoms with Crippen molar-refractivity contribution in [2.45, 2.75) is 70.0 Å². The lowest BCUT2D eigenvalue weighted by atomic mass is 9.99. The molecule has 21 heteroatoms. The number of hydrazone groups is 1. The average Bonchev–Trinajstić information content (AvgIpc) is 3.71. The van der Waals surface area contributed by atoms with E-state index in [1.807, 2.05) is 37.7 Å². The van der Waals surface area contributed by atoms with E-state index in [4.69, 9.17) is 61.3 Å². The second kappa shape index (κ2) is 20.5. The highest BCUT2D eigenvalue weighted by atomic mass is 35.5. The summed E-state index contributed by atoms with van der Waals surface area (Å²) in [6.07, 6.45) is 7.41. The molecule has 0 aliphatic carbocycles. The number of aromatic nitrogens is 7. The van der Waals surface area contributed by atoms with E-state index in [1.165, 1.54) is 24.5 Å². The van der Waals surface area contributed by atoms with Crippen molar-refractivity contribution in [2.24, 2.45) is 5.10 Å². The number of alkyl halides is 2. The van der Waals surface area contributed by atoms with Gasteiger partial charge in [-0.05, 0) is 73.1 Å². The molecule has 0 fully saturated rings. The second-order valence-corrected chi connectivity index (χ2v) is 16.6. The lowest BCUT2D eigenvalue weighted by Crippen LogP contribution is -2.18. The Kier molecular flexibility index (Phi) is 15.8. The van der Waals surface area contributed by atoms with E-state index >= 15 is 0 Å². The van der Waals surface area contributed by atoms with Gasteiger partial charge in [0.1, 0.15) is 16.3 Å². The van der Waals surface area contributed by atoms with Crippen molar-refractivity contribution >= 4 is 68.7 Å². The van der Waals surface area contributed by atoms with Crippen LogP contribution in [-0.2, 0) is 10.0 Å². The summed E-state index contributed by atoms with van der Waals surface area (Å²) in [4.78, 5) is 16.9. The maximum Gasteiger partial charge on any atom is 0.276 e. The normalized spacial score (nSPS) is 11.3. The molecule has 3 aromatic carbocycles. The molecule has 3 heterocycles. The minimum atomic E-state index is -3.64. The quantitative estimate of drug-likeness (QED) is 0.0332. The highest BCUT2D eigenvalue weighted by Crippen LogP contribution is 2.37. The Labute approximate surface area is 358 Å². The summed E-state index contributed by atoms with van der Waals surface area (Å²) in [7, 11) is -3.64. The molecule has 0 spiro atoms. The summed E-state index contributed by atoms with van der Waals surface area (Å²) >= 11 is 10.7. The van der Waals surface area contributed by atoms with Crippen molar-refractivity contribution in [3.8, 4) is 28.7 Å². The Morgan fingerprint density at radius 3 is 1.73 bits per heavy atom. The number of rotatable bonds is 11. The number of ether oxygens (including phenoxy) is 2. The first-order valence-electron chi connectivity index (χ1n) is 18.2. The SMILES string of the molecule is Cc1cc(C(C)C)c(Oc2cnc(N)nc2N)cc1-n1ccnn1.Cc1cc(C(C)C)c(Oc2cnc(N)nc2N)cc1N.Cc1ccc(S(=O)(=O)N/N=C/C(Cl)Cl)cc1. The fourth-order valence-electron chi connectivity index (χ4n) is 5.21. The summed E-state index contributed by atoms with van der Waals surface area (Å²) in [6.45, 7) is 14.2. The Morgan fingerprint density at radius 2 is 1.27 bits per heavy atom. The predicted octanol–water partition coefficient (Wildman–Crippen LogP) is 6.96. The maximum atomic E-state index is 11.6. The van der Waals surface area contributed by atoms with Gasteiger partial charge in [-0.2, -0.15) is 23.5 Å². The molecule has 318 valence electrons. The maximum absolute atomic E-state index is 11.6. The number of aryl methyl sites for hydroxylation is 3. The smallest absolute Gasteiger partial charge is 0.276 e. The van der Waals surface area contributed by atoms with Gasteiger partial charge in [0.25, 0.3) is 10.0 Å². The molecule has 60 heavy (non-hydrogen) atoms. The van der Waals surface area contributed by atoms with Gasteiger partial charge < -0.3 is 38.1 Å². The molecule has 6 rings (SSSR count). The first kappa shape index (κ1) is 46.3. The number of nitrogens with two attached hydrogens (primary N) is 5. The molecule has 0 saturated heterocycles. The summed E-state index contributed by atoms with van der Waals surface area (Å²) in [5, 5.41) is 11.3. The van der Waals surface area contributed by atoms with E-state index in [2.05, 4.69) is 69.1 Å². The van der Waals surface area contributed by atoms with E-state index in [0.29, 0.717) is 34.6 Å². The van der Waals surface area contributed by atoms with Gasteiger partial charge in [0.2, 0.25) is 11.9 Å². The van der Waals surface area contributed by atoms with Crippen LogP contribution in [0.25, 0.3) is 5.69 Å². The fourth-order valence-corrected chi connectivity index (χ4v) is 6.12. The van der Waals surface area contributed by atoms with Crippen LogP contribution in [0.15, 0.2) is 83.3 Å². The molecule has 0 amide bonds. The fraction of sp³-hybridized carbons (Fsp3) is 0.256. The van der Waals surface area contributed by atoms with Crippen LogP contribution in [0.5, 0.6) is 23.0 Å². The molecular formula is C39H48Cl2N14O4S. The number of sulfonamides is 1. The summed E-state index contributed by atoms with van der Waals surface area (Å²) in [5.41, 5.74) is 35.3. The first-order chi connectivity index (χ1) is 28.2. The van der Waals surface area contributed by atoms with Gasteiger partial charge in [-0.3, -0.25) is 0 Å². The Hall–Kier alpha value is -6.44. The molecular weight excluding hydrogens is 831 g/mol. The number of hydrogen-bond acceptors (Lipinski definition) is 16. The van der Waals surface area contributed by atoms with Gasteiger partial charge in [-0.25, -0.2) is 19.5 Å². The van der Waals surface area contributed by atoms with Gasteiger partial charge in [0, 0.05) is 17.8 Å². The van der Waals surface area contributed by atoms with Gasteiger partial charge in [0.15, 0.2) is 23.1 Å². The van der Waals surface area contributed by atoms with Crippen LogP contribution in [-0.4, -0.2) is 54.4 Å². The van der Waals surface area contributed by atoms with Gasteiger partial charge >= 0.3 is 0 Å². The molecule has 3 aromatic heterocycles. The minimum absolute atomic E-state index is 0.108. The number of anilines is 5. The van der Waals surface area contributed by atoms with E-state index in [0.717, 1.165) is 39.7 Å². The third-order valence-electron chi connectivity index (χ3n) is 8.37. The average molecular weight is 880 g/mol. The van der Waals surface area contributed by atoms with Crippen LogP contribution in [0, 0.1) is 20.8 Å². The van der Waals surface area contributed by atoms with Gasteiger partial charge in [-0.1, -0.05) is 79.9 Å². The second-order valence-electron chi connectivity index (χ2n) is 13.8. The van der Waals surface area contributed by atoms with Crippen molar-refractivity contribution in [3.05, 3.63) is 101 Å². The minimum Gasteiger partial charge on any atom is -0.451 e. The summed E-state index contributed by atoms with van der Waals surface area (Å²) in [6, 6.07) is 14.2. The highest BCUT2D eigenvalue weighted by Gasteiger charge is 2.17. The van der Waals surface area contributed by atoms with Crippen molar-refractivity contribution in [1.29, 1.82) is 0 Å². The lowest BCUT2D eigenvalue weighted by molar-refractivity contribution is 0.470. The zero-order valence-electron chi connectivity index (χ0n) is 34.0. The Balaban J connectivity index is 0.000000203. The van der Waals surface area contributed by atoms with E-state index in [1.54, 1.807) is 35.3 Å². The summed E-state index contributed by atoms with van der Waals surface area (Å²) < 4.78 is 36.7. The predicted molar refractivity (Wildman–Crippen MR) is 237 cm³/mol. The summed E-state index contributed by atoms with van der Waals surface area (Å²) in [5.74, 6) is 3.22. The number of nitrogens with zero attached hydrogens (tertiary/aromatic N) is 8. The van der Waals surface area contributed by atoms with Gasteiger partial charge in [-0.15, -0.1) is 5.10 Å². The number of nitrogens with one attached hydrogen (secondary N) is 1. The molecule has 0 saturated carbocycles. The third-order valence-corrected chi connectivity index (χ3v) is 9.84. The van der Waals surface area contributed by atoms with Crippen LogP contribution >= 0.6 is 23.2 Å². The van der Waals surface area contributed by atoms with E-state index < -0.39 is 14.9 Å². The zero-order valence-corrected chi connectivity index (χ0v) is 36.3. The number of nitrogen functional groups attached to an aromatic ring is 5. The number of hydrogen-bond donors (Lipinski definition) is 6. The molecule has 18 nitrogen and oxygen atoms in total. The molecule has 6 aromatic rings. The Bertz CT molecular complexity index is 2520. The molecule has 0 bridgehead atoms. The van der Waals surface area contributed by atoms with Crippen molar-refractivity contribution in [3.63, 3.8) is 0 Å². The van der Waals surface area contributed by atoms with E-state index in [-0.39, 0.29) is 34.3 Å². The van der Waals surface area contributed by atoms with Crippen LogP contribution in [0.3, 0.4) is 0 Å². The molecule has 0 radical (unpaired) electrons. The topological polar surface area (TPSA) is 289 Å². The van der Waals surface area contributed by atoms with Crippen LogP contribution < -0.4 is 43.0 Å². The monoisotopic (exact) mass is 878 g/mol. The van der Waals surface area contributed by atoms with Crippen molar-refractivity contribution in [1.82, 2.24) is 39.8 Å². The zero-order chi connectivity index (χ0) is 44.3. The Morgan fingerprint density at radius 1 is 0.750 bits per heavy atom. The third kappa shape index (κ3) is 12.8. The standard InChI is InChI=1S/C16H19N7O.C14H19N5O.C9H10Cl2N2O2S/c1-9(2)11-6-10(3)12(23-5-4-20-22-23)7-13(11)24-14-8-19-16(18)21-15(14)17;1-7(2)9-4-8(3)10(15)5-11(9)20-12-6-18-14(17)19-13(12)16;1-7-2-4-8(5-3-7)16(14,15)13-12-6-9(10)11/h4-9H,1-3H3,(H4,17,18,19,21);4-7H,15H2,1-3H3,(H4,16,17,18,19);2-6,9,13H,1H3/b;;12-6+.